The molecule has 0 aromatic carbocycles. The molecule has 1 N–H and O–H groups in total. The molecule has 0 aromatic heterocycles. The van der Waals surface area contributed by atoms with E-state index in [0.29, 0.717) is 25.9 Å². The van der Waals surface area contributed by atoms with Gasteiger partial charge in [-0.15, -0.1) is 0 Å². The molecule has 0 spiro atoms. The highest BCUT2D eigenvalue weighted by Gasteiger charge is 2.33. The molecule has 21 heavy (non-hydrogen) atoms. The molecule has 0 amide bonds. The summed E-state index contributed by atoms with van der Waals surface area (Å²) >= 11 is 0. The maximum Gasteiger partial charge on any atom is 0.141 e. The Morgan fingerprint density at radius 2 is 1.67 bits per heavy atom. The third-order valence-corrected chi connectivity index (χ3v) is 4.09. The highest BCUT2D eigenvalue weighted by atomic mass is 16.5. The van der Waals surface area contributed by atoms with Crippen molar-refractivity contribution in [1.82, 2.24) is 0 Å². The van der Waals surface area contributed by atoms with Crippen LogP contribution in [0.25, 0.3) is 0 Å². The van der Waals surface area contributed by atoms with E-state index in [2.05, 4.69) is 0 Å². The number of ketones is 2. The molecule has 0 rings (SSSR count). The summed E-state index contributed by atoms with van der Waals surface area (Å²) in [5.41, 5.74) is -0.491. The van der Waals surface area contributed by atoms with Gasteiger partial charge in [0.05, 0.1) is 6.10 Å². The van der Waals surface area contributed by atoms with E-state index < -0.39 is 5.41 Å². The second kappa shape index (κ2) is 10.9. The fourth-order valence-electron chi connectivity index (χ4n) is 2.07. The van der Waals surface area contributed by atoms with Crippen LogP contribution < -0.4 is 0 Å². The van der Waals surface area contributed by atoms with Crippen molar-refractivity contribution in [3.63, 3.8) is 0 Å². The zero-order chi connectivity index (χ0) is 16.3. The lowest BCUT2D eigenvalue weighted by molar-refractivity contribution is -0.135. The quantitative estimate of drug-likeness (QED) is 0.530. The Morgan fingerprint density at radius 3 is 2.24 bits per heavy atom. The standard InChI is InChI=1S/C17H32O4/c1-14(19)10-6-5-9-13-21-15(2)17(3,4)16(20)11-7-8-12-18/h15,18H,5-13H2,1-4H3. The molecule has 0 aromatic rings. The summed E-state index contributed by atoms with van der Waals surface area (Å²) in [6.07, 6.45) is 5.25. The maximum atomic E-state index is 12.2. The minimum absolute atomic E-state index is 0.119. The fraction of sp³-hybridized carbons (Fsp3) is 0.882. The number of aliphatic hydroxyl groups excluding tert-OH is 1. The number of aliphatic hydroxyl groups is 1. The van der Waals surface area contributed by atoms with Gasteiger partial charge in [0.2, 0.25) is 0 Å². The third-order valence-electron chi connectivity index (χ3n) is 4.09. The molecule has 0 aliphatic rings. The average Bonchev–Trinajstić information content (AvgIpc) is 2.42. The number of carbonyl (C=O) groups excluding carboxylic acids is 2. The summed E-state index contributed by atoms with van der Waals surface area (Å²) in [5, 5.41) is 8.76. The Balaban J connectivity index is 3.92. The number of hydrogen-bond donors (Lipinski definition) is 1. The van der Waals surface area contributed by atoms with Crippen LogP contribution in [-0.2, 0) is 14.3 Å². The fourth-order valence-corrected chi connectivity index (χ4v) is 2.07. The van der Waals surface area contributed by atoms with E-state index in [1.807, 2.05) is 20.8 Å². The highest BCUT2D eigenvalue weighted by molar-refractivity contribution is 5.84. The molecule has 0 radical (unpaired) electrons. The van der Waals surface area contributed by atoms with E-state index in [0.717, 1.165) is 25.7 Å². The van der Waals surface area contributed by atoms with Crippen molar-refractivity contribution < 1.29 is 19.4 Å². The summed E-state index contributed by atoms with van der Waals surface area (Å²) in [7, 11) is 0. The van der Waals surface area contributed by atoms with Crippen LogP contribution >= 0.6 is 0 Å². The van der Waals surface area contributed by atoms with Gasteiger partial charge in [-0.2, -0.15) is 0 Å². The van der Waals surface area contributed by atoms with Gasteiger partial charge in [0.15, 0.2) is 0 Å². The first-order valence-electron chi connectivity index (χ1n) is 8.07. The van der Waals surface area contributed by atoms with Crippen LogP contribution in [0.15, 0.2) is 0 Å². The predicted molar refractivity (Wildman–Crippen MR) is 84.3 cm³/mol. The molecule has 0 aliphatic carbocycles. The van der Waals surface area contributed by atoms with Gasteiger partial charge in [0, 0.05) is 31.5 Å². The molecule has 0 bridgehead atoms. The van der Waals surface area contributed by atoms with Crippen LogP contribution in [0.4, 0.5) is 0 Å². The Labute approximate surface area is 129 Å². The van der Waals surface area contributed by atoms with Gasteiger partial charge < -0.3 is 14.6 Å². The lowest BCUT2D eigenvalue weighted by atomic mass is 9.80. The van der Waals surface area contributed by atoms with Crippen molar-refractivity contribution in [2.45, 2.75) is 78.7 Å². The predicted octanol–water partition coefficient (Wildman–Crippen LogP) is 3.30. The first-order valence-corrected chi connectivity index (χ1v) is 8.07. The number of ether oxygens (including phenoxy) is 1. The van der Waals surface area contributed by atoms with Crippen molar-refractivity contribution in [3.05, 3.63) is 0 Å². The van der Waals surface area contributed by atoms with Crippen LogP contribution in [0.1, 0.15) is 72.6 Å². The van der Waals surface area contributed by atoms with E-state index in [9.17, 15) is 9.59 Å². The van der Waals surface area contributed by atoms with E-state index >= 15 is 0 Å². The molecule has 0 saturated heterocycles. The first-order chi connectivity index (χ1) is 9.82. The average molecular weight is 300 g/mol. The summed E-state index contributed by atoms with van der Waals surface area (Å²) in [6.45, 7) is 8.18. The summed E-state index contributed by atoms with van der Waals surface area (Å²) in [6, 6.07) is 0. The number of rotatable bonds is 13. The SMILES string of the molecule is CC(=O)CCCCCOC(C)C(C)(C)C(=O)CCCCO. The molecular formula is C17H32O4. The van der Waals surface area contributed by atoms with Crippen molar-refractivity contribution in [2.24, 2.45) is 5.41 Å². The monoisotopic (exact) mass is 300 g/mol. The van der Waals surface area contributed by atoms with Crippen molar-refractivity contribution in [3.8, 4) is 0 Å². The van der Waals surface area contributed by atoms with Gasteiger partial charge >= 0.3 is 0 Å². The number of Topliss-reactive ketones (excluding diaryl/α,β-unsaturated/α-hetero) is 2. The van der Waals surface area contributed by atoms with Crippen LogP contribution in [0, 0.1) is 5.41 Å². The zero-order valence-electron chi connectivity index (χ0n) is 14.1. The van der Waals surface area contributed by atoms with E-state index in [4.69, 9.17) is 9.84 Å². The van der Waals surface area contributed by atoms with E-state index in [1.54, 1.807) is 6.92 Å². The zero-order valence-corrected chi connectivity index (χ0v) is 14.1. The Hall–Kier alpha value is -0.740. The van der Waals surface area contributed by atoms with Gasteiger partial charge in [-0.3, -0.25) is 4.79 Å². The smallest absolute Gasteiger partial charge is 0.141 e. The van der Waals surface area contributed by atoms with Gasteiger partial charge in [-0.25, -0.2) is 0 Å². The van der Waals surface area contributed by atoms with E-state index in [1.165, 1.54) is 0 Å². The van der Waals surface area contributed by atoms with Gasteiger partial charge in [-0.1, -0.05) is 20.3 Å². The minimum atomic E-state index is -0.491. The molecule has 0 saturated carbocycles. The molecule has 1 atom stereocenters. The lowest BCUT2D eigenvalue weighted by Crippen LogP contribution is -2.37. The number of hydrogen-bond acceptors (Lipinski definition) is 4. The molecule has 0 heterocycles. The van der Waals surface area contributed by atoms with Crippen LogP contribution in [0.5, 0.6) is 0 Å². The highest BCUT2D eigenvalue weighted by Crippen LogP contribution is 2.27. The summed E-state index contributed by atoms with van der Waals surface area (Å²) in [5.74, 6) is 0.430. The Bertz CT molecular complexity index is 310. The maximum absolute atomic E-state index is 12.2. The topological polar surface area (TPSA) is 63.6 Å². The number of carbonyl (C=O) groups is 2. The Kier molecular flexibility index (Phi) is 10.5. The lowest BCUT2D eigenvalue weighted by Gasteiger charge is -2.30. The summed E-state index contributed by atoms with van der Waals surface area (Å²) < 4.78 is 5.79. The normalized spacial score (nSPS) is 13.2. The van der Waals surface area contributed by atoms with Gasteiger partial charge in [0.25, 0.3) is 0 Å². The first kappa shape index (κ1) is 20.3. The molecule has 0 fully saturated rings. The van der Waals surface area contributed by atoms with E-state index in [-0.39, 0.29) is 24.3 Å². The molecule has 0 aliphatic heterocycles. The molecule has 4 nitrogen and oxygen atoms in total. The second-order valence-electron chi connectivity index (χ2n) is 6.35. The largest absolute Gasteiger partial charge is 0.396 e. The Morgan fingerprint density at radius 1 is 1.05 bits per heavy atom. The minimum Gasteiger partial charge on any atom is -0.396 e. The van der Waals surface area contributed by atoms with Crippen LogP contribution in [-0.4, -0.2) is 36.0 Å². The molecule has 124 valence electrons. The second-order valence-corrected chi connectivity index (χ2v) is 6.35. The number of unbranched alkanes of at least 4 members (excludes halogenated alkanes) is 3. The van der Waals surface area contributed by atoms with Gasteiger partial charge in [0.1, 0.15) is 11.6 Å². The van der Waals surface area contributed by atoms with Crippen molar-refractivity contribution in [2.75, 3.05) is 13.2 Å². The van der Waals surface area contributed by atoms with Crippen LogP contribution in [0.3, 0.4) is 0 Å². The van der Waals surface area contributed by atoms with Crippen LogP contribution in [0.2, 0.25) is 0 Å². The third kappa shape index (κ3) is 8.99. The van der Waals surface area contributed by atoms with Crippen molar-refractivity contribution >= 4 is 11.6 Å². The van der Waals surface area contributed by atoms with Gasteiger partial charge in [-0.05, 0) is 39.5 Å². The molecule has 4 heteroatoms. The molecular weight excluding hydrogens is 268 g/mol. The molecule has 1 unspecified atom stereocenters. The summed E-state index contributed by atoms with van der Waals surface area (Å²) in [4.78, 5) is 23.0. The van der Waals surface area contributed by atoms with Crippen molar-refractivity contribution in [1.29, 1.82) is 0 Å².